The van der Waals surface area contributed by atoms with E-state index in [-0.39, 0.29) is 47.3 Å². The van der Waals surface area contributed by atoms with E-state index in [2.05, 4.69) is 0 Å². The maximum atomic E-state index is 12.8. The minimum atomic E-state index is -3.64. The Balaban J connectivity index is 1.82. The van der Waals surface area contributed by atoms with Crippen LogP contribution in [-0.4, -0.2) is 58.5 Å². The molecule has 156 valence electrons. The summed E-state index contributed by atoms with van der Waals surface area (Å²) >= 11 is 0. The van der Waals surface area contributed by atoms with Gasteiger partial charge in [0.2, 0.25) is 10.0 Å². The topological polar surface area (TPSA) is 118 Å². The molecule has 9 nitrogen and oxygen atoms in total. The van der Waals surface area contributed by atoms with Gasteiger partial charge in [0.25, 0.3) is 5.69 Å². The summed E-state index contributed by atoms with van der Waals surface area (Å²) in [6.45, 7) is 2.72. The van der Waals surface area contributed by atoms with E-state index < -0.39 is 24.8 Å². The van der Waals surface area contributed by atoms with Crippen LogP contribution in [0.3, 0.4) is 0 Å². The summed E-state index contributed by atoms with van der Waals surface area (Å²) in [4.78, 5) is 12.6. The Kier molecular flexibility index (Phi) is 5.65. The number of nitro benzene ring substituents is 1. The number of rotatable bonds is 5. The third kappa shape index (κ3) is 4.41. The Bertz CT molecular complexity index is 1140. The Hall–Kier alpha value is -2.50. The fourth-order valence-corrected chi connectivity index (χ4v) is 5.24. The van der Waals surface area contributed by atoms with Crippen molar-refractivity contribution < 1.29 is 21.8 Å². The first kappa shape index (κ1) is 21.2. The standard InChI is InChI=1S/C18H21N3O6S2/c1-14-3-5-15(6-4-14)29(26,27)20-11-9-19(10-12-20)17-8-7-16(28(2,24)25)13-18(17)21(22)23/h3-8,13H,9-12H2,1-2H3. The van der Waals surface area contributed by atoms with E-state index in [1.54, 1.807) is 29.2 Å². The van der Waals surface area contributed by atoms with Crippen molar-refractivity contribution in [2.75, 3.05) is 37.3 Å². The number of piperazine rings is 1. The first-order chi connectivity index (χ1) is 13.5. The third-order valence-electron chi connectivity index (χ3n) is 4.81. The van der Waals surface area contributed by atoms with Gasteiger partial charge in [0.05, 0.1) is 14.7 Å². The molecule has 0 bridgehead atoms. The molecule has 0 aliphatic carbocycles. The zero-order valence-electron chi connectivity index (χ0n) is 16.0. The molecular weight excluding hydrogens is 418 g/mol. The number of nitro groups is 1. The molecular formula is C18H21N3O6S2. The molecule has 1 aliphatic rings. The maximum absolute atomic E-state index is 12.8. The fraction of sp³-hybridized carbons (Fsp3) is 0.333. The number of nitrogens with zero attached hydrogens (tertiary/aromatic N) is 3. The summed E-state index contributed by atoms with van der Waals surface area (Å²) < 4.78 is 50.4. The minimum Gasteiger partial charge on any atom is -0.363 e. The van der Waals surface area contributed by atoms with Crippen LogP contribution in [0.4, 0.5) is 11.4 Å². The molecule has 1 heterocycles. The SMILES string of the molecule is Cc1ccc(S(=O)(=O)N2CCN(c3ccc(S(C)(=O)=O)cc3[N+](=O)[O-])CC2)cc1. The summed E-state index contributed by atoms with van der Waals surface area (Å²) in [5, 5.41) is 11.5. The highest BCUT2D eigenvalue weighted by molar-refractivity contribution is 7.90. The van der Waals surface area contributed by atoms with Gasteiger partial charge in [0.15, 0.2) is 9.84 Å². The summed E-state index contributed by atoms with van der Waals surface area (Å²) in [5.41, 5.74) is 0.913. The van der Waals surface area contributed by atoms with Crippen LogP contribution in [0.1, 0.15) is 5.56 Å². The van der Waals surface area contributed by atoms with Crippen LogP contribution >= 0.6 is 0 Å². The van der Waals surface area contributed by atoms with Gasteiger partial charge < -0.3 is 4.90 Å². The Morgan fingerprint density at radius 1 is 0.897 bits per heavy atom. The van der Waals surface area contributed by atoms with E-state index in [1.165, 1.54) is 16.4 Å². The van der Waals surface area contributed by atoms with E-state index in [9.17, 15) is 26.9 Å². The second-order valence-corrected chi connectivity index (χ2v) is 10.8. The Labute approximate surface area is 169 Å². The number of anilines is 1. The third-order valence-corrected chi connectivity index (χ3v) is 7.83. The number of hydrogen-bond donors (Lipinski definition) is 0. The predicted octanol–water partition coefficient (Wildman–Crippen LogP) is 1.82. The van der Waals surface area contributed by atoms with E-state index in [1.807, 2.05) is 6.92 Å². The molecule has 0 atom stereocenters. The normalized spacial score (nSPS) is 16.0. The average Bonchev–Trinajstić information content (AvgIpc) is 2.67. The average molecular weight is 440 g/mol. The predicted molar refractivity (Wildman–Crippen MR) is 108 cm³/mol. The van der Waals surface area contributed by atoms with Crippen LogP contribution in [0, 0.1) is 17.0 Å². The highest BCUT2D eigenvalue weighted by Crippen LogP contribution is 2.32. The number of benzene rings is 2. The van der Waals surface area contributed by atoms with Gasteiger partial charge in [-0.2, -0.15) is 4.31 Å². The first-order valence-corrected chi connectivity index (χ1v) is 12.1. The van der Waals surface area contributed by atoms with Crippen molar-refractivity contribution in [1.82, 2.24) is 4.31 Å². The van der Waals surface area contributed by atoms with Gasteiger partial charge in [-0.15, -0.1) is 0 Å². The van der Waals surface area contributed by atoms with Crippen LogP contribution in [0.25, 0.3) is 0 Å². The number of sulfonamides is 1. The van der Waals surface area contributed by atoms with Crippen molar-refractivity contribution in [3.05, 3.63) is 58.1 Å². The quantitative estimate of drug-likeness (QED) is 0.515. The van der Waals surface area contributed by atoms with Crippen molar-refractivity contribution in [2.24, 2.45) is 0 Å². The van der Waals surface area contributed by atoms with E-state index in [0.29, 0.717) is 0 Å². The van der Waals surface area contributed by atoms with Crippen molar-refractivity contribution >= 4 is 31.2 Å². The van der Waals surface area contributed by atoms with Gasteiger partial charge in [-0.25, -0.2) is 16.8 Å². The van der Waals surface area contributed by atoms with Crippen molar-refractivity contribution in [3.8, 4) is 0 Å². The summed E-state index contributed by atoms with van der Waals surface area (Å²) in [6, 6.07) is 10.4. The fourth-order valence-electron chi connectivity index (χ4n) is 3.18. The largest absolute Gasteiger partial charge is 0.363 e. The Morgan fingerprint density at radius 2 is 1.45 bits per heavy atom. The highest BCUT2D eigenvalue weighted by Gasteiger charge is 2.31. The van der Waals surface area contributed by atoms with Crippen LogP contribution in [0.2, 0.25) is 0 Å². The van der Waals surface area contributed by atoms with Crippen LogP contribution in [0.5, 0.6) is 0 Å². The van der Waals surface area contributed by atoms with E-state index in [0.717, 1.165) is 17.9 Å². The molecule has 2 aromatic rings. The molecule has 2 aromatic carbocycles. The molecule has 1 fully saturated rings. The molecule has 11 heteroatoms. The van der Waals surface area contributed by atoms with Gasteiger partial charge in [-0.05, 0) is 31.2 Å². The molecule has 29 heavy (non-hydrogen) atoms. The number of sulfone groups is 1. The lowest BCUT2D eigenvalue weighted by molar-refractivity contribution is -0.384. The van der Waals surface area contributed by atoms with Crippen LogP contribution in [-0.2, 0) is 19.9 Å². The summed E-state index contributed by atoms with van der Waals surface area (Å²) in [5.74, 6) is 0. The van der Waals surface area contributed by atoms with Crippen LogP contribution in [0.15, 0.2) is 52.3 Å². The molecule has 0 amide bonds. The molecule has 3 rings (SSSR count). The lowest BCUT2D eigenvalue weighted by atomic mass is 10.2. The van der Waals surface area contributed by atoms with Gasteiger partial charge in [-0.3, -0.25) is 10.1 Å². The van der Waals surface area contributed by atoms with E-state index in [4.69, 9.17) is 0 Å². The number of aryl methyl sites for hydroxylation is 1. The first-order valence-electron chi connectivity index (χ1n) is 8.80. The lowest BCUT2D eigenvalue weighted by Gasteiger charge is -2.35. The Morgan fingerprint density at radius 3 is 1.97 bits per heavy atom. The van der Waals surface area contributed by atoms with E-state index >= 15 is 0 Å². The summed E-state index contributed by atoms with van der Waals surface area (Å²) in [7, 11) is -7.22. The molecule has 0 spiro atoms. The second kappa shape index (κ2) is 7.73. The molecule has 1 aliphatic heterocycles. The smallest absolute Gasteiger partial charge is 0.293 e. The molecule has 0 aromatic heterocycles. The van der Waals surface area contributed by atoms with Crippen molar-refractivity contribution in [1.29, 1.82) is 0 Å². The number of hydrogen-bond acceptors (Lipinski definition) is 7. The molecule has 0 radical (unpaired) electrons. The highest BCUT2D eigenvalue weighted by atomic mass is 32.2. The van der Waals surface area contributed by atoms with Crippen molar-refractivity contribution in [3.63, 3.8) is 0 Å². The minimum absolute atomic E-state index is 0.131. The van der Waals surface area contributed by atoms with Gasteiger partial charge in [0, 0.05) is 38.5 Å². The molecule has 1 saturated heterocycles. The van der Waals surface area contributed by atoms with Crippen molar-refractivity contribution in [2.45, 2.75) is 16.7 Å². The second-order valence-electron chi connectivity index (χ2n) is 6.88. The lowest BCUT2D eigenvalue weighted by Crippen LogP contribution is -2.48. The monoisotopic (exact) mass is 439 g/mol. The van der Waals surface area contributed by atoms with Gasteiger partial charge >= 0.3 is 0 Å². The van der Waals surface area contributed by atoms with Gasteiger partial charge in [0.1, 0.15) is 5.69 Å². The summed E-state index contributed by atoms with van der Waals surface area (Å²) in [6.07, 6.45) is 0.987. The van der Waals surface area contributed by atoms with Gasteiger partial charge in [-0.1, -0.05) is 17.7 Å². The van der Waals surface area contributed by atoms with Crippen LogP contribution < -0.4 is 4.90 Å². The molecule has 0 saturated carbocycles. The molecule has 0 unspecified atom stereocenters. The zero-order valence-corrected chi connectivity index (χ0v) is 17.6. The molecule has 0 N–H and O–H groups in total. The zero-order chi connectivity index (χ0) is 21.4. The maximum Gasteiger partial charge on any atom is 0.293 e.